The molecular weight excluding hydrogens is 263 g/mol. The molecule has 4 heteroatoms. The molecule has 0 radical (unpaired) electrons. The van der Waals surface area contributed by atoms with E-state index in [-0.39, 0.29) is 5.82 Å². The molecule has 2 aromatic carbocycles. The van der Waals surface area contributed by atoms with Crippen molar-refractivity contribution >= 4 is 17.3 Å². The number of benzene rings is 2. The summed E-state index contributed by atoms with van der Waals surface area (Å²) in [5.41, 5.74) is 2.05. The van der Waals surface area contributed by atoms with Gasteiger partial charge in [-0.25, -0.2) is 10.2 Å². The molecule has 0 atom stereocenters. The molecule has 0 saturated carbocycles. The molecule has 0 saturated heterocycles. The zero-order valence-corrected chi connectivity index (χ0v) is 11.3. The van der Waals surface area contributed by atoms with E-state index in [1.807, 2.05) is 24.3 Å². The molecule has 0 aliphatic carbocycles. The van der Waals surface area contributed by atoms with Gasteiger partial charge in [-0.3, -0.25) is 0 Å². The van der Waals surface area contributed by atoms with Crippen molar-refractivity contribution in [2.45, 2.75) is 12.8 Å². The first-order valence-corrected chi connectivity index (χ1v) is 6.55. The van der Waals surface area contributed by atoms with E-state index >= 15 is 0 Å². The van der Waals surface area contributed by atoms with Crippen LogP contribution in [0.3, 0.4) is 0 Å². The molecule has 0 heterocycles. The predicted octanol–water partition coefficient (Wildman–Crippen LogP) is 3.79. The van der Waals surface area contributed by atoms with Crippen LogP contribution >= 0.6 is 11.6 Å². The lowest BCUT2D eigenvalue weighted by Gasteiger charge is -2.18. The van der Waals surface area contributed by atoms with Gasteiger partial charge in [0.25, 0.3) is 0 Å². The van der Waals surface area contributed by atoms with Gasteiger partial charge in [0.1, 0.15) is 5.82 Å². The molecule has 2 rings (SSSR count). The smallest absolute Gasteiger partial charge is 0.123 e. The molecule has 2 N–H and O–H groups in total. The van der Waals surface area contributed by atoms with Gasteiger partial charge < -0.3 is 5.01 Å². The summed E-state index contributed by atoms with van der Waals surface area (Å²) in [5, 5.41) is 2.39. The lowest BCUT2D eigenvalue weighted by atomic mass is 10.1. The molecule has 0 bridgehead atoms. The van der Waals surface area contributed by atoms with Crippen LogP contribution in [0, 0.1) is 5.82 Å². The van der Waals surface area contributed by atoms with Crippen molar-refractivity contribution in [3.05, 3.63) is 64.9 Å². The van der Waals surface area contributed by atoms with Gasteiger partial charge in [-0.05, 0) is 54.8 Å². The van der Waals surface area contributed by atoms with Crippen LogP contribution in [0.4, 0.5) is 10.1 Å². The molecule has 100 valence electrons. The van der Waals surface area contributed by atoms with Gasteiger partial charge in [-0.1, -0.05) is 23.7 Å². The number of rotatable bonds is 5. The van der Waals surface area contributed by atoms with Crippen molar-refractivity contribution < 1.29 is 4.39 Å². The third-order valence-electron chi connectivity index (χ3n) is 2.94. The van der Waals surface area contributed by atoms with Crippen molar-refractivity contribution in [1.29, 1.82) is 0 Å². The van der Waals surface area contributed by atoms with Crippen LogP contribution in [0.1, 0.15) is 12.0 Å². The Balaban J connectivity index is 1.82. The second-order valence-corrected chi connectivity index (χ2v) is 4.84. The van der Waals surface area contributed by atoms with Crippen molar-refractivity contribution in [3.63, 3.8) is 0 Å². The van der Waals surface area contributed by atoms with Crippen LogP contribution < -0.4 is 10.9 Å². The van der Waals surface area contributed by atoms with Crippen molar-refractivity contribution in [2.75, 3.05) is 11.6 Å². The Kier molecular flexibility index (Phi) is 4.77. The topological polar surface area (TPSA) is 29.3 Å². The summed E-state index contributed by atoms with van der Waals surface area (Å²) in [7, 11) is 0. The van der Waals surface area contributed by atoms with Crippen LogP contribution in [0.5, 0.6) is 0 Å². The maximum atomic E-state index is 12.8. The van der Waals surface area contributed by atoms with E-state index in [2.05, 4.69) is 0 Å². The van der Waals surface area contributed by atoms with Gasteiger partial charge in [0.05, 0.1) is 5.69 Å². The number of hydrogen-bond acceptors (Lipinski definition) is 2. The largest absolute Gasteiger partial charge is 0.311 e. The fourth-order valence-electron chi connectivity index (χ4n) is 1.87. The highest BCUT2D eigenvalue weighted by Gasteiger charge is 2.01. The van der Waals surface area contributed by atoms with E-state index in [4.69, 9.17) is 17.4 Å². The summed E-state index contributed by atoms with van der Waals surface area (Å²) in [4.78, 5) is 0. The van der Waals surface area contributed by atoms with Crippen molar-refractivity contribution in [1.82, 2.24) is 0 Å². The monoisotopic (exact) mass is 278 g/mol. The number of aryl methyl sites for hydroxylation is 1. The van der Waals surface area contributed by atoms with E-state index in [9.17, 15) is 4.39 Å². The first-order chi connectivity index (χ1) is 9.15. The van der Waals surface area contributed by atoms with Crippen LogP contribution in [-0.2, 0) is 6.42 Å². The van der Waals surface area contributed by atoms with E-state index in [1.54, 1.807) is 17.1 Å². The Bertz CT molecular complexity index is 511. The van der Waals surface area contributed by atoms with Gasteiger partial charge >= 0.3 is 0 Å². The van der Waals surface area contributed by atoms with Gasteiger partial charge in [-0.2, -0.15) is 0 Å². The molecule has 2 aromatic rings. The Hall–Kier alpha value is -1.58. The molecule has 0 unspecified atom stereocenters. The van der Waals surface area contributed by atoms with Crippen LogP contribution in [0.15, 0.2) is 48.5 Å². The van der Waals surface area contributed by atoms with Crippen molar-refractivity contribution in [2.24, 2.45) is 5.84 Å². The average molecular weight is 279 g/mol. The fraction of sp³-hybridized carbons (Fsp3) is 0.200. The minimum atomic E-state index is -0.203. The Labute approximate surface area is 117 Å². The predicted molar refractivity (Wildman–Crippen MR) is 77.7 cm³/mol. The molecule has 19 heavy (non-hydrogen) atoms. The summed E-state index contributed by atoms with van der Waals surface area (Å²) >= 11 is 5.82. The third kappa shape index (κ3) is 4.23. The molecule has 0 fully saturated rings. The van der Waals surface area contributed by atoms with Crippen LogP contribution in [0.2, 0.25) is 5.02 Å². The molecule has 0 aromatic heterocycles. The van der Waals surface area contributed by atoms with Crippen molar-refractivity contribution in [3.8, 4) is 0 Å². The normalized spacial score (nSPS) is 10.5. The summed E-state index contributed by atoms with van der Waals surface area (Å²) in [6.45, 7) is 0.735. The molecular formula is C15H16ClFN2. The summed E-state index contributed by atoms with van der Waals surface area (Å²) in [6.07, 6.45) is 1.78. The number of hydrogen-bond donors (Lipinski definition) is 1. The van der Waals surface area contributed by atoms with Crippen LogP contribution in [-0.4, -0.2) is 6.54 Å². The Morgan fingerprint density at radius 2 is 1.63 bits per heavy atom. The molecule has 0 spiro atoms. The molecule has 0 aliphatic heterocycles. The lowest BCUT2D eigenvalue weighted by molar-refractivity contribution is 0.626. The Morgan fingerprint density at radius 3 is 2.26 bits per heavy atom. The fourth-order valence-corrected chi connectivity index (χ4v) is 1.99. The zero-order valence-electron chi connectivity index (χ0n) is 10.5. The second kappa shape index (κ2) is 6.55. The van der Waals surface area contributed by atoms with E-state index < -0.39 is 0 Å². The Morgan fingerprint density at radius 1 is 1.00 bits per heavy atom. The van der Waals surface area contributed by atoms with E-state index in [0.717, 1.165) is 30.6 Å². The number of nitrogens with two attached hydrogens (primary N) is 1. The second-order valence-electron chi connectivity index (χ2n) is 4.40. The molecule has 0 amide bonds. The number of nitrogens with zero attached hydrogens (tertiary/aromatic N) is 1. The van der Waals surface area contributed by atoms with E-state index in [1.165, 1.54) is 12.1 Å². The number of halogens is 2. The highest BCUT2D eigenvalue weighted by atomic mass is 35.5. The lowest BCUT2D eigenvalue weighted by Crippen LogP contribution is -2.31. The summed E-state index contributed by atoms with van der Waals surface area (Å²) < 4.78 is 12.8. The van der Waals surface area contributed by atoms with Gasteiger partial charge in [-0.15, -0.1) is 0 Å². The van der Waals surface area contributed by atoms with Gasteiger partial charge in [0.2, 0.25) is 0 Å². The third-order valence-corrected chi connectivity index (χ3v) is 3.19. The zero-order chi connectivity index (χ0) is 13.7. The first-order valence-electron chi connectivity index (χ1n) is 6.17. The van der Waals surface area contributed by atoms with Gasteiger partial charge in [0.15, 0.2) is 0 Å². The maximum Gasteiger partial charge on any atom is 0.123 e. The van der Waals surface area contributed by atoms with E-state index in [0.29, 0.717) is 5.02 Å². The molecule has 2 nitrogen and oxygen atoms in total. The standard InChI is InChI=1S/C15H16ClFN2/c16-13-5-9-15(10-6-13)19(18)11-1-2-12-3-7-14(17)8-4-12/h3-10H,1-2,11,18H2. The quantitative estimate of drug-likeness (QED) is 0.666. The SMILES string of the molecule is NN(CCCc1ccc(F)cc1)c1ccc(Cl)cc1. The highest BCUT2D eigenvalue weighted by Crippen LogP contribution is 2.16. The summed E-state index contributed by atoms with van der Waals surface area (Å²) in [6, 6.07) is 14.0. The minimum Gasteiger partial charge on any atom is -0.311 e. The first kappa shape index (κ1) is 13.8. The summed E-state index contributed by atoms with van der Waals surface area (Å²) in [5.74, 6) is 5.76. The van der Waals surface area contributed by atoms with Crippen LogP contribution in [0.25, 0.3) is 0 Å². The number of hydrazine groups is 1. The number of anilines is 1. The van der Waals surface area contributed by atoms with Gasteiger partial charge in [0, 0.05) is 11.6 Å². The average Bonchev–Trinajstić information content (AvgIpc) is 2.41. The maximum absolute atomic E-state index is 12.8. The molecule has 0 aliphatic rings. The highest BCUT2D eigenvalue weighted by molar-refractivity contribution is 6.30. The minimum absolute atomic E-state index is 0.203.